The molecule has 0 aliphatic heterocycles. The number of nitrogens with two attached hydrogens (primary N) is 2. The van der Waals surface area contributed by atoms with Crippen molar-refractivity contribution >= 4 is 0 Å². The minimum absolute atomic E-state index is 0.00444. The number of unbranched alkanes of at least 4 members (excludes halogenated alkanes) is 1. The maximum absolute atomic E-state index is 9.44. The van der Waals surface area contributed by atoms with E-state index in [1.54, 1.807) is 0 Å². The van der Waals surface area contributed by atoms with E-state index in [0.29, 0.717) is 19.4 Å². The van der Waals surface area contributed by atoms with E-state index in [0.717, 1.165) is 19.3 Å². The summed E-state index contributed by atoms with van der Waals surface area (Å²) in [6, 6.07) is -0.191. The molecule has 0 aliphatic carbocycles. The van der Waals surface area contributed by atoms with E-state index in [-0.39, 0.29) is 18.8 Å². The van der Waals surface area contributed by atoms with Crippen LogP contribution >= 0.6 is 0 Å². The molecule has 0 saturated carbocycles. The van der Waals surface area contributed by atoms with Gasteiger partial charge in [0, 0.05) is 6.04 Å². The molecule has 0 heterocycles. The minimum Gasteiger partial charge on any atom is -0.395 e. The van der Waals surface area contributed by atoms with Crippen LogP contribution in [0.25, 0.3) is 0 Å². The number of hydrogen-bond acceptors (Lipinski definition) is 4. The Balaban J connectivity index is 3.24. The molecule has 0 aromatic rings. The van der Waals surface area contributed by atoms with Gasteiger partial charge in [-0.3, -0.25) is 0 Å². The fraction of sp³-hybridized carbons (Fsp3) is 1.00. The first-order valence-corrected chi connectivity index (χ1v) is 4.95. The third kappa shape index (κ3) is 8.18. The van der Waals surface area contributed by atoms with Crippen molar-refractivity contribution in [3.05, 3.63) is 0 Å². The van der Waals surface area contributed by atoms with E-state index >= 15 is 0 Å². The summed E-state index contributed by atoms with van der Waals surface area (Å²) in [5, 5.41) is 18.1. The zero-order chi connectivity index (χ0) is 10.1. The van der Waals surface area contributed by atoms with Crippen LogP contribution in [0, 0.1) is 0 Å². The summed E-state index contributed by atoms with van der Waals surface area (Å²) < 4.78 is 0. The average molecular weight is 190 g/mol. The van der Waals surface area contributed by atoms with Crippen molar-refractivity contribution < 1.29 is 10.2 Å². The van der Waals surface area contributed by atoms with E-state index < -0.39 is 0 Å². The van der Waals surface area contributed by atoms with E-state index in [1.165, 1.54) is 0 Å². The number of rotatable bonds is 8. The van der Waals surface area contributed by atoms with Crippen LogP contribution in [0.1, 0.15) is 32.1 Å². The van der Waals surface area contributed by atoms with Gasteiger partial charge in [-0.15, -0.1) is 0 Å². The van der Waals surface area contributed by atoms with Gasteiger partial charge in [0.15, 0.2) is 0 Å². The third-order valence-corrected chi connectivity index (χ3v) is 2.10. The lowest BCUT2D eigenvalue weighted by atomic mass is 10.0. The zero-order valence-electron chi connectivity index (χ0n) is 8.15. The molecule has 0 radical (unpaired) electrons. The Morgan fingerprint density at radius 3 is 2.31 bits per heavy atom. The molecule has 4 nitrogen and oxygen atoms in total. The van der Waals surface area contributed by atoms with Crippen LogP contribution in [0.4, 0.5) is 0 Å². The van der Waals surface area contributed by atoms with Crippen LogP contribution in [-0.2, 0) is 0 Å². The largest absolute Gasteiger partial charge is 0.395 e. The molecule has 6 N–H and O–H groups in total. The van der Waals surface area contributed by atoms with Gasteiger partial charge in [-0.1, -0.05) is 0 Å². The normalized spacial score (nSPS) is 15.7. The number of aliphatic hydroxyl groups is 2. The molecule has 0 saturated heterocycles. The second kappa shape index (κ2) is 8.44. The molecule has 0 rings (SSSR count). The lowest BCUT2D eigenvalue weighted by molar-refractivity contribution is 0.141. The number of hydrogen-bond donors (Lipinski definition) is 4. The van der Waals surface area contributed by atoms with Crippen LogP contribution in [0.15, 0.2) is 0 Å². The molecule has 0 spiro atoms. The van der Waals surface area contributed by atoms with Crippen LogP contribution in [0.5, 0.6) is 0 Å². The van der Waals surface area contributed by atoms with Gasteiger partial charge in [-0.25, -0.2) is 0 Å². The van der Waals surface area contributed by atoms with E-state index in [9.17, 15) is 5.11 Å². The topological polar surface area (TPSA) is 92.5 Å². The van der Waals surface area contributed by atoms with Crippen molar-refractivity contribution in [3.63, 3.8) is 0 Å². The maximum Gasteiger partial charge on any atom is 0.0582 e. The maximum atomic E-state index is 9.44. The van der Waals surface area contributed by atoms with E-state index in [2.05, 4.69) is 0 Å². The Hall–Kier alpha value is -0.160. The molecule has 13 heavy (non-hydrogen) atoms. The van der Waals surface area contributed by atoms with Crippen molar-refractivity contribution in [2.24, 2.45) is 11.5 Å². The molecule has 2 unspecified atom stereocenters. The van der Waals surface area contributed by atoms with Crippen LogP contribution in [-0.4, -0.2) is 35.5 Å². The Morgan fingerprint density at radius 1 is 1.08 bits per heavy atom. The second-order valence-corrected chi connectivity index (χ2v) is 3.46. The summed E-state index contributed by atoms with van der Waals surface area (Å²) in [4.78, 5) is 0. The molecule has 80 valence electrons. The van der Waals surface area contributed by atoms with E-state index in [1.807, 2.05) is 0 Å². The average Bonchev–Trinajstić information content (AvgIpc) is 2.14. The zero-order valence-corrected chi connectivity index (χ0v) is 8.15. The van der Waals surface area contributed by atoms with Gasteiger partial charge in [-0.2, -0.15) is 0 Å². The van der Waals surface area contributed by atoms with Crippen molar-refractivity contribution in [2.45, 2.75) is 44.2 Å². The molecule has 4 heteroatoms. The summed E-state index contributed by atoms with van der Waals surface area (Å²) in [7, 11) is 0. The summed E-state index contributed by atoms with van der Waals surface area (Å²) in [6.45, 7) is 0.679. The van der Waals surface area contributed by atoms with Gasteiger partial charge in [0.1, 0.15) is 0 Å². The summed E-state index contributed by atoms with van der Waals surface area (Å²) in [6.07, 6.45) is 3.78. The van der Waals surface area contributed by atoms with Crippen molar-refractivity contribution in [1.82, 2.24) is 0 Å². The Bertz CT molecular complexity index is 112. The molecule has 0 bridgehead atoms. The summed E-state index contributed by atoms with van der Waals surface area (Å²) in [5.41, 5.74) is 10.8. The predicted molar refractivity (Wildman–Crippen MR) is 53.2 cm³/mol. The van der Waals surface area contributed by atoms with Gasteiger partial charge in [0.05, 0.1) is 12.7 Å². The molecule has 0 aromatic heterocycles. The highest BCUT2D eigenvalue weighted by Crippen LogP contribution is 2.07. The Morgan fingerprint density at radius 2 is 1.77 bits per heavy atom. The number of aliphatic hydroxyl groups excluding tert-OH is 2. The molecular weight excluding hydrogens is 168 g/mol. The summed E-state index contributed by atoms with van der Waals surface area (Å²) >= 11 is 0. The SMILES string of the molecule is NCCCCC(O)CCC(N)CO. The fourth-order valence-corrected chi connectivity index (χ4v) is 1.17. The minimum atomic E-state index is -0.288. The van der Waals surface area contributed by atoms with Gasteiger partial charge in [0.2, 0.25) is 0 Å². The highest BCUT2D eigenvalue weighted by molar-refractivity contribution is 4.63. The van der Waals surface area contributed by atoms with Gasteiger partial charge >= 0.3 is 0 Å². The summed E-state index contributed by atoms with van der Waals surface area (Å²) in [5.74, 6) is 0. The van der Waals surface area contributed by atoms with Gasteiger partial charge in [-0.05, 0) is 38.6 Å². The predicted octanol–water partition coefficient (Wildman–Crippen LogP) is -0.424. The van der Waals surface area contributed by atoms with Gasteiger partial charge < -0.3 is 21.7 Å². The first-order valence-electron chi connectivity index (χ1n) is 4.95. The molecule has 0 amide bonds. The fourth-order valence-electron chi connectivity index (χ4n) is 1.17. The monoisotopic (exact) mass is 190 g/mol. The standard InChI is InChI=1S/C9H22N2O2/c10-6-2-1-3-9(13)5-4-8(11)7-12/h8-9,12-13H,1-7,10-11H2. The first kappa shape index (κ1) is 12.8. The first-order chi connectivity index (χ1) is 6.20. The third-order valence-electron chi connectivity index (χ3n) is 2.10. The second-order valence-electron chi connectivity index (χ2n) is 3.46. The van der Waals surface area contributed by atoms with Crippen LogP contribution < -0.4 is 11.5 Å². The van der Waals surface area contributed by atoms with Crippen LogP contribution in [0.3, 0.4) is 0 Å². The molecule has 0 fully saturated rings. The Kier molecular flexibility index (Phi) is 8.33. The quantitative estimate of drug-likeness (QED) is 0.391. The highest BCUT2D eigenvalue weighted by atomic mass is 16.3. The molecule has 0 aliphatic rings. The molecule has 0 aromatic carbocycles. The van der Waals surface area contributed by atoms with E-state index in [4.69, 9.17) is 16.6 Å². The lowest BCUT2D eigenvalue weighted by Gasteiger charge is -2.12. The molecule has 2 atom stereocenters. The van der Waals surface area contributed by atoms with Crippen molar-refractivity contribution in [1.29, 1.82) is 0 Å². The van der Waals surface area contributed by atoms with Crippen LogP contribution in [0.2, 0.25) is 0 Å². The Labute approximate surface area is 79.9 Å². The van der Waals surface area contributed by atoms with Crippen molar-refractivity contribution in [2.75, 3.05) is 13.2 Å². The van der Waals surface area contributed by atoms with Gasteiger partial charge in [0.25, 0.3) is 0 Å². The lowest BCUT2D eigenvalue weighted by Crippen LogP contribution is -2.25. The highest BCUT2D eigenvalue weighted by Gasteiger charge is 2.06. The van der Waals surface area contributed by atoms with Crippen molar-refractivity contribution in [3.8, 4) is 0 Å². The molecular formula is C9H22N2O2. The smallest absolute Gasteiger partial charge is 0.0582 e.